The normalized spacial score (nSPS) is 48.2. The van der Waals surface area contributed by atoms with Gasteiger partial charge >= 0.3 is 5.97 Å². The molecule has 0 amide bonds. The Balaban J connectivity index is 1.08. The lowest BCUT2D eigenvalue weighted by molar-refractivity contribution is -0.322. The van der Waals surface area contributed by atoms with Crippen LogP contribution in [0.5, 0.6) is 0 Å². The number of ketones is 1. The molecule has 2 heterocycles. The van der Waals surface area contributed by atoms with Gasteiger partial charge in [0.1, 0.15) is 35.1 Å². The largest absolute Gasteiger partial charge is 0.458 e. The number of benzene rings is 1. The number of aliphatic hydroxyl groups excluding tert-OH is 1. The Kier molecular flexibility index (Phi) is 11.0. The Morgan fingerprint density at radius 1 is 0.855 bits per heavy atom. The molecule has 3 saturated carbocycles. The Morgan fingerprint density at radius 2 is 1.51 bits per heavy atom. The number of esters is 1. The third-order valence-corrected chi connectivity index (χ3v) is 14.9. The molecule has 55 heavy (non-hydrogen) atoms. The van der Waals surface area contributed by atoms with Crippen molar-refractivity contribution >= 4 is 11.8 Å². The number of ether oxygens (including phenoxy) is 7. The standard InChI is InChI=1S/C42H60O13/c1-23-35(44)29(49-6)20-34(51-23)55-36-24(2)52-33(21-30(36)50-7)53-28-14-15-38(4)27(19-28)13-16-41(47)31(38)22-32(54-37(45)26-11-9-8-10-12-26)39(5)40(46,25(3)43)17-18-42(39,41)48/h8-13,23-24,28-36,44,46-48H,14-22H2,1-7H3/t23-,24-,28+,29-,30+,31-,32-,33+,34+,35-,36-,38+,39-,40-,41+,42-/m1/s1. The highest BCUT2D eigenvalue weighted by Gasteiger charge is 2.81. The molecule has 2 saturated heterocycles. The van der Waals surface area contributed by atoms with E-state index in [0.29, 0.717) is 37.7 Å². The molecule has 0 bridgehead atoms. The summed E-state index contributed by atoms with van der Waals surface area (Å²) in [5.41, 5.74) is -6.52. The van der Waals surface area contributed by atoms with Gasteiger partial charge in [-0.15, -0.1) is 0 Å². The van der Waals surface area contributed by atoms with Gasteiger partial charge in [-0.25, -0.2) is 4.79 Å². The first-order valence-corrected chi connectivity index (χ1v) is 19.9. The molecule has 2 aliphatic heterocycles. The number of hydrogen-bond donors (Lipinski definition) is 4. The van der Waals surface area contributed by atoms with E-state index in [1.165, 1.54) is 6.92 Å². The molecular weight excluding hydrogens is 712 g/mol. The number of carbonyl (C=O) groups is 2. The summed E-state index contributed by atoms with van der Waals surface area (Å²) in [7, 11) is 3.20. The van der Waals surface area contributed by atoms with Crippen molar-refractivity contribution < 1.29 is 63.2 Å². The zero-order chi connectivity index (χ0) is 39.7. The molecule has 0 unspecified atom stereocenters. The van der Waals surface area contributed by atoms with Crippen LogP contribution in [0.1, 0.15) is 103 Å². The highest BCUT2D eigenvalue weighted by molar-refractivity contribution is 5.90. The van der Waals surface area contributed by atoms with Crippen molar-refractivity contribution in [2.75, 3.05) is 14.2 Å². The fraction of sp³-hybridized carbons (Fsp3) is 0.762. The number of fused-ring (bicyclic) bond motifs is 5. The Morgan fingerprint density at radius 3 is 2.18 bits per heavy atom. The fourth-order valence-electron chi connectivity index (χ4n) is 11.5. The Bertz CT molecular complexity index is 1620. The minimum atomic E-state index is -2.02. The van der Waals surface area contributed by atoms with Crippen LogP contribution in [0.2, 0.25) is 0 Å². The van der Waals surface area contributed by atoms with E-state index in [1.807, 2.05) is 13.0 Å². The number of hydrogen-bond acceptors (Lipinski definition) is 13. The average Bonchev–Trinajstić information content (AvgIpc) is 3.39. The third-order valence-electron chi connectivity index (χ3n) is 14.9. The molecule has 7 rings (SSSR count). The van der Waals surface area contributed by atoms with Gasteiger partial charge in [0.25, 0.3) is 0 Å². The number of carbonyl (C=O) groups excluding carboxylic acids is 2. The van der Waals surface area contributed by atoms with Gasteiger partial charge in [-0.05, 0) is 90.2 Å². The minimum Gasteiger partial charge on any atom is -0.458 e. The topological polar surface area (TPSA) is 180 Å². The highest BCUT2D eigenvalue weighted by atomic mass is 16.7. The zero-order valence-electron chi connectivity index (χ0n) is 33.1. The number of aliphatic hydroxyl groups is 4. The SMILES string of the molecule is CO[C@H]1C[C@H](O[C@H]2CC[C@@]3(C)C(=CC[C@]4(O)[C@@H]3C[C@@H](OC(=O)c3ccccc3)[C@@]3(C)[C@]4(O)CC[C@@]3(O)C(C)=O)C2)O[C@H](C)[C@H]1O[C@H]1C[C@@H](OC)[C@H](O)[C@@H](C)O1. The van der Waals surface area contributed by atoms with Crippen molar-refractivity contribution in [2.45, 2.75) is 171 Å². The highest BCUT2D eigenvalue weighted by Crippen LogP contribution is 2.71. The molecule has 0 radical (unpaired) electrons. The average molecular weight is 773 g/mol. The van der Waals surface area contributed by atoms with Crippen LogP contribution in [0, 0.1) is 16.7 Å². The molecular formula is C42H60O13. The lowest BCUT2D eigenvalue weighted by Gasteiger charge is -2.67. The molecule has 13 nitrogen and oxygen atoms in total. The van der Waals surface area contributed by atoms with E-state index >= 15 is 0 Å². The molecule has 5 fully saturated rings. The smallest absolute Gasteiger partial charge is 0.338 e. The molecule has 13 heteroatoms. The molecule has 4 aliphatic carbocycles. The maximum atomic E-state index is 13.6. The number of Topliss-reactive ketones (excluding diaryl/α,β-unsaturated/α-hetero) is 1. The molecule has 4 N–H and O–H groups in total. The Hall–Kier alpha value is -2.30. The van der Waals surface area contributed by atoms with E-state index in [2.05, 4.69) is 6.92 Å². The molecule has 0 aromatic heterocycles. The van der Waals surface area contributed by atoms with Crippen LogP contribution >= 0.6 is 0 Å². The summed E-state index contributed by atoms with van der Waals surface area (Å²) in [6.45, 7) is 8.70. The third kappa shape index (κ3) is 6.36. The maximum absolute atomic E-state index is 13.6. The van der Waals surface area contributed by atoms with Crippen LogP contribution in [0.15, 0.2) is 42.0 Å². The van der Waals surface area contributed by atoms with E-state index in [-0.39, 0.29) is 44.0 Å². The molecule has 1 aromatic rings. The van der Waals surface area contributed by atoms with Crippen LogP contribution in [-0.2, 0) is 38.0 Å². The monoisotopic (exact) mass is 772 g/mol. The predicted octanol–water partition coefficient (Wildman–Crippen LogP) is 3.77. The van der Waals surface area contributed by atoms with Crippen LogP contribution in [0.3, 0.4) is 0 Å². The van der Waals surface area contributed by atoms with Crippen molar-refractivity contribution in [3.8, 4) is 0 Å². The van der Waals surface area contributed by atoms with Crippen molar-refractivity contribution in [1.82, 2.24) is 0 Å². The summed E-state index contributed by atoms with van der Waals surface area (Å²) in [5, 5.41) is 48.1. The lowest BCUT2D eigenvalue weighted by Crippen LogP contribution is -2.78. The number of methoxy groups -OCH3 is 2. The molecule has 16 atom stereocenters. The zero-order valence-corrected chi connectivity index (χ0v) is 33.1. The summed E-state index contributed by atoms with van der Waals surface area (Å²) in [6.07, 6.45) is -0.392. The summed E-state index contributed by atoms with van der Waals surface area (Å²) in [4.78, 5) is 26.8. The summed E-state index contributed by atoms with van der Waals surface area (Å²) in [6, 6.07) is 8.53. The van der Waals surface area contributed by atoms with E-state index in [0.717, 1.165) is 5.57 Å². The molecule has 306 valence electrons. The van der Waals surface area contributed by atoms with E-state index in [4.69, 9.17) is 33.2 Å². The quantitative estimate of drug-likeness (QED) is 0.211. The van der Waals surface area contributed by atoms with Crippen molar-refractivity contribution in [3.63, 3.8) is 0 Å². The van der Waals surface area contributed by atoms with Gasteiger partial charge in [-0.1, -0.05) is 36.8 Å². The molecule has 1 aromatic carbocycles. The Labute approximate surface area is 323 Å². The fourth-order valence-corrected chi connectivity index (χ4v) is 11.5. The van der Waals surface area contributed by atoms with Crippen LogP contribution < -0.4 is 0 Å². The summed E-state index contributed by atoms with van der Waals surface area (Å²) < 4.78 is 42.9. The molecule has 6 aliphatic rings. The first kappa shape index (κ1) is 40.9. The first-order valence-electron chi connectivity index (χ1n) is 19.9. The van der Waals surface area contributed by atoms with Gasteiger partial charge in [0.2, 0.25) is 0 Å². The second kappa shape index (κ2) is 14.8. The van der Waals surface area contributed by atoms with Gasteiger partial charge in [0.05, 0.1) is 41.5 Å². The minimum absolute atomic E-state index is 0.0274. The predicted molar refractivity (Wildman–Crippen MR) is 197 cm³/mol. The van der Waals surface area contributed by atoms with Gasteiger partial charge in [-0.2, -0.15) is 0 Å². The second-order valence-electron chi connectivity index (χ2n) is 17.5. The van der Waals surface area contributed by atoms with Gasteiger partial charge < -0.3 is 53.6 Å². The van der Waals surface area contributed by atoms with E-state index in [9.17, 15) is 30.0 Å². The van der Waals surface area contributed by atoms with Crippen LogP contribution in [-0.4, -0.2) is 125 Å². The molecule has 0 spiro atoms. The van der Waals surface area contributed by atoms with Crippen molar-refractivity contribution in [1.29, 1.82) is 0 Å². The maximum Gasteiger partial charge on any atom is 0.338 e. The lowest BCUT2D eigenvalue weighted by atomic mass is 9.42. The van der Waals surface area contributed by atoms with Crippen LogP contribution in [0.4, 0.5) is 0 Å². The number of rotatable bonds is 9. The van der Waals surface area contributed by atoms with Gasteiger partial charge in [0.15, 0.2) is 18.4 Å². The summed E-state index contributed by atoms with van der Waals surface area (Å²) >= 11 is 0. The first-order chi connectivity index (χ1) is 26.0. The van der Waals surface area contributed by atoms with Gasteiger partial charge in [0, 0.05) is 33.0 Å². The van der Waals surface area contributed by atoms with Crippen LogP contribution in [0.25, 0.3) is 0 Å². The van der Waals surface area contributed by atoms with Gasteiger partial charge in [-0.3, -0.25) is 4.79 Å². The van der Waals surface area contributed by atoms with E-state index in [1.54, 1.807) is 58.4 Å². The summed E-state index contributed by atoms with van der Waals surface area (Å²) in [5.74, 6) is -1.70. The second-order valence-corrected chi connectivity index (χ2v) is 17.5. The van der Waals surface area contributed by atoms with E-state index < -0.39 is 88.4 Å². The van der Waals surface area contributed by atoms with Crippen molar-refractivity contribution in [2.24, 2.45) is 16.7 Å². The van der Waals surface area contributed by atoms with Crippen molar-refractivity contribution in [3.05, 3.63) is 47.5 Å².